The SMILES string of the molecule is CC(C)C(CC(C#N)(CCC(=O)O)c1ccc(Cl)cc1Cl)(C(=O)O)C(C)C. The molecule has 0 bridgehead atoms. The van der Waals surface area contributed by atoms with Gasteiger partial charge >= 0.3 is 11.9 Å². The molecule has 0 spiro atoms. The molecule has 0 saturated carbocycles. The van der Waals surface area contributed by atoms with Gasteiger partial charge in [0.1, 0.15) is 0 Å². The van der Waals surface area contributed by atoms with Crippen molar-refractivity contribution in [2.75, 3.05) is 0 Å². The molecule has 1 aromatic carbocycles. The van der Waals surface area contributed by atoms with Gasteiger partial charge in [-0.05, 0) is 42.4 Å². The molecule has 2 N–H and O–H groups in total. The Hall–Kier alpha value is -1.77. The number of hydrogen-bond acceptors (Lipinski definition) is 3. The first-order valence-electron chi connectivity index (χ1n) is 8.75. The molecule has 7 heteroatoms. The molecule has 0 heterocycles. The molecule has 1 rings (SSSR count). The Balaban J connectivity index is 3.68. The van der Waals surface area contributed by atoms with E-state index in [0.717, 1.165) is 0 Å². The predicted molar refractivity (Wildman–Crippen MR) is 105 cm³/mol. The predicted octanol–water partition coefficient (Wildman–Crippen LogP) is 5.39. The van der Waals surface area contributed by atoms with Gasteiger partial charge in [0.05, 0.1) is 16.9 Å². The Morgan fingerprint density at radius 2 is 1.70 bits per heavy atom. The van der Waals surface area contributed by atoms with E-state index in [1.54, 1.807) is 39.8 Å². The highest BCUT2D eigenvalue weighted by atomic mass is 35.5. The van der Waals surface area contributed by atoms with Gasteiger partial charge in [-0.3, -0.25) is 9.59 Å². The molecule has 0 amide bonds. The normalized spacial score (nSPS) is 14.0. The van der Waals surface area contributed by atoms with Crippen LogP contribution in [0.1, 0.15) is 52.5 Å². The largest absolute Gasteiger partial charge is 0.481 e. The van der Waals surface area contributed by atoms with E-state index in [4.69, 9.17) is 23.2 Å². The fraction of sp³-hybridized carbons (Fsp3) is 0.550. The fourth-order valence-corrected chi connectivity index (χ4v) is 4.40. The van der Waals surface area contributed by atoms with Crippen molar-refractivity contribution in [3.8, 4) is 6.07 Å². The first-order chi connectivity index (χ1) is 12.4. The van der Waals surface area contributed by atoms with Gasteiger partial charge in [-0.15, -0.1) is 0 Å². The minimum Gasteiger partial charge on any atom is -0.481 e. The minimum absolute atomic E-state index is 0.0458. The number of nitrogens with zero attached hydrogens (tertiary/aromatic N) is 1. The summed E-state index contributed by atoms with van der Waals surface area (Å²) in [5.41, 5.74) is -2.19. The van der Waals surface area contributed by atoms with E-state index in [-0.39, 0.29) is 36.1 Å². The van der Waals surface area contributed by atoms with Crippen molar-refractivity contribution in [2.45, 2.75) is 52.4 Å². The summed E-state index contributed by atoms with van der Waals surface area (Å²) >= 11 is 12.3. The molecular formula is C20H25Cl2NO4. The molecule has 1 atom stereocenters. The zero-order chi connectivity index (χ0) is 21.0. The number of hydrogen-bond donors (Lipinski definition) is 2. The van der Waals surface area contributed by atoms with Crippen molar-refractivity contribution in [3.05, 3.63) is 33.8 Å². The molecular weight excluding hydrogens is 389 g/mol. The highest BCUT2D eigenvalue weighted by molar-refractivity contribution is 6.35. The van der Waals surface area contributed by atoms with Crippen LogP contribution in [0.15, 0.2) is 18.2 Å². The number of carbonyl (C=O) groups is 2. The van der Waals surface area contributed by atoms with Gasteiger partial charge < -0.3 is 10.2 Å². The third kappa shape index (κ3) is 4.75. The number of benzene rings is 1. The molecule has 5 nitrogen and oxygen atoms in total. The second-order valence-corrected chi connectivity index (χ2v) is 8.39. The lowest BCUT2D eigenvalue weighted by Crippen LogP contribution is -2.47. The van der Waals surface area contributed by atoms with Crippen LogP contribution in [0.5, 0.6) is 0 Å². The van der Waals surface area contributed by atoms with Crippen molar-refractivity contribution in [3.63, 3.8) is 0 Å². The minimum atomic E-state index is -1.37. The van der Waals surface area contributed by atoms with Crippen LogP contribution in [0, 0.1) is 28.6 Å². The Bertz CT molecular complexity index is 747. The maximum absolute atomic E-state index is 12.3. The standard InChI is InChI=1S/C20H25Cl2NO4/c1-12(2)20(13(3)4,18(26)27)10-19(11-23,8-7-17(24)25)15-6-5-14(21)9-16(15)22/h5-6,9,12-13H,7-8,10H2,1-4H3,(H,24,25)(H,26,27). The quantitative estimate of drug-likeness (QED) is 0.564. The number of carboxylic acid groups (broad SMARTS) is 2. The Kier molecular flexibility index (Phi) is 7.71. The van der Waals surface area contributed by atoms with Crippen molar-refractivity contribution >= 4 is 35.1 Å². The van der Waals surface area contributed by atoms with E-state index in [1.165, 1.54) is 6.07 Å². The summed E-state index contributed by atoms with van der Waals surface area (Å²) in [4.78, 5) is 23.5. The molecule has 1 unspecified atom stereocenters. The zero-order valence-corrected chi connectivity index (χ0v) is 17.4. The van der Waals surface area contributed by atoms with Gasteiger partial charge in [-0.25, -0.2) is 0 Å². The molecule has 0 radical (unpaired) electrons. The summed E-state index contributed by atoms with van der Waals surface area (Å²) in [5.74, 6) is -2.63. The number of aliphatic carboxylic acids is 2. The van der Waals surface area contributed by atoms with Gasteiger partial charge in [0.25, 0.3) is 0 Å². The van der Waals surface area contributed by atoms with Crippen molar-refractivity contribution in [1.29, 1.82) is 5.26 Å². The maximum atomic E-state index is 12.3. The maximum Gasteiger partial charge on any atom is 0.310 e. The molecule has 0 fully saturated rings. The molecule has 27 heavy (non-hydrogen) atoms. The van der Waals surface area contributed by atoms with E-state index in [9.17, 15) is 25.1 Å². The molecule has 0 aliphatic heterocycles. The van der Waals surface area contributed by atoms with Crippen LogP contribution >= 0.6 is 23.2 Å². The highest BCUT2D eigenvalue weighted by Crippen LogP contribution is 2.50. The second kappa shape index (κ2) is 8.95. The first kappa shape index (κ1) is 23.3. The van der Waals surface area contributed by atoms with Crippen LogP contribution < -0.4 is 0 Å². The number of rotatable bonds is 9. The first-order valence-corrected chi connectivity index (χ1v) is 9.50. The van der Waals surface area contributed by atoms with Crippen molar-refractivity contribution in [2.24, 2.45) is 17.3 Å². The van der Waals surface area contributed by atoms with Crippen LogP contribution in [-0.2, 0) is 15.0 Å². The Morgan fingerprint density at radius 3 is 2.07 bits per heavy atom. The number of carboxylic acids is 2. The molecule has 0 saturated heterocycles. The number of nitriles is 1. The average Bonchev–Trinajstić information content (AvgIpc) is 2.55. The average molecular weight is 414 g/mol. The molecule has 0 aliphatic carbocycles. The molecule has 0 aliphatic rings. The van der Waals surface area contributed by atoms with Crippen LogP contribution in [0.3, 0.4) is 0 Å². The molecule has 0 aromatic heterocycles. The van der Waals surface area contributed by atoms with Gasteiger partial charge in [-0.1, -0.05) is 57.0 Å². The summed E-state index contributed by atoms with van der Waals surface area (Å²) in [6, 6.07) is 6.86. The van der Waals surface area contributed by atoms with E-state index in [2.05, 4.69) is 6.07 Å². The summed E-state index contributed by atoms with van der Waals surface area (Å²) in [5, 5.41) is 30.0. The summed E-state index contributed by atoms with van der Waals surface area (Å²) < 4.78 is 0. The summed E-state index contributed by atoms with van der Waals surface area (Å²) in [6.45, 7) is 7.21. The fourth-order valence-electron chi connectivity index (χ4n) is 3.82. The van der Waals surface area contributed by atoms with Crippen LogP contribution in [0.2, 0.25) is 10.0 Å². The van der Waals surface area contributed by atoms with E-state index in [0.29, 0.717) is 10.6 Å². The smallest absolute Gasteiger partial charge is 0.310 e. The van der Waals surface area contributed by atoms with E-state index in [1.807, 2.05) is 0 Å². The van der Waals surface area contributed by atoms with Crippen LogP contribution in [0.25, 0.3) is 0 Å². The summed E-state index contributed by atoms with van der Waals surface area (Å²) in [6.07, 6.45) is -0.372. The zero-order valence-electron chi connectivity index (χ0n) is 15.9. The third-order valence-corrected chi connectivity index (χ3v) is 6.03. The molecule has 148 valence electrons. The lowest BCUT2D eigenvalue weighted by molar-refractivity contribution is -0.157. The van der Waals surface area contributed by atoms with Crippen LogP contribution in [0.4, 0.5) is 0 Å². The van der Waals surface area contributed by atoms with Crippen molar-refractivity contribution < 1.29 is 19.8 Å². The lowest BCUT2D eigenvalue weighted by atomic mass is 9.58. The van der Waals surface area contributed by atoms with Gasteiger partial charge in [-0.2, -0.15) is 5.26 Å². The second-order valence-electron chi connectivity index (χ2n) is 7.54. The third-order valence-electron chi connectivity index (χ3n) is 5.48. The van der Waals surface area contributed by atoms with Gasteiger partial charge in [0, 0.05) is 16.5 Å². The van der Waals surface area contributed by atoms with E-state index >= 15 is 0 Å². The lowest BCUT2D eigenvalue weighted by Gasteiger charge is -2.43. The number of halogens is 2. The van der Waals surface area contributed by atoms with E-state index < -0.39 is 22.8 Å². The Morgan fingerprint density at radius 1 is 1.15 bits per heavy atom. The highest BCUT2D eigenvalue weighted by Gasteiger charge is 2.52. The van der Waals surface area contributed by atoms with Crippen LogP contribution in [-0.4, -0.2) is 22.2 Å². The van der Waals surface area contributed by atoms with Gasteiger partial charge in [0.15, 0.2) is 0 Å². The Labute approximate surface area is 169 Å². The molecule has 1 aromatic rings. The summed E-state index contributed by atoms with van der Waals surface area (Å²) in [7, 11) is 0. The topological polar surface area (TPSA) is 98.4 Å². The van der Waals surface area contributed by atoms with Crippen molar-refractivity contribution in [1.82, 2.24) is 0 Å². The monoisotopic (exact) mass is 413 g/mol. The van der Waals surface area contributed by atoms with Gasteiger partial charge in [0.2, 0.25) is 0 Å².